The molecule has 138 valence electrons. The minimum Gasteiger partial charge on any atom is -0.464 e. The maximum atomic E-state index is 13.4. The topological polar surface area (TPSA) is 51.5 Å². The number of rotatable bonds is 3. The number of nitrogens with zero attached hydrogens (tertiary/aromatic N) is 2. The highest BCUT2D eigenvalue weighted by Crippen LogP contribution is 2.28. The van der Waals surface area contributed by atoms with E-state index in [-0.39, 0.29) is 16.6 Å². The van der Waals surface area contributed by atoms with Crippen LogP contribution in [0.4, 0.5) is 8.78 Å². The monoisotopic (exact) mass is 382 g/mol. The van der Waals surface area contributed by atoms with Gasteiger partial charge in [-0.2, -0.15) is 0 Å². The Bertz CT molecular complexity index is 845. The van der Waals surface area contributed by atoms with Gasteiger partial charge < -0.3 is 14.2 Å². The molecule has 0 spiro atoms. The normalized spacial score (nSPS) is 15.2. The van der Waals surface area contributed by atoms with Crippen molar-refractivity contribution < 1.29 is 23.1 Å². The average Bonchev–Trinajstić information content (AvgIpc) is 3.13. The van der Waals surface area contributed by atoms with Gasteiger partial charge in [0.25, 0.3) is 5.91 Å². The first-order valence-electron chi connectivity index (χ1n) is 8.11. The summed E-state index contributed by atoms with van der Waals surface area (Å²) in [6.45, 7) is 0.829. The molecule has 1 amide bonds. The molecule has 2 aromatic rings. The van der Waals surface area contributed by atoms with Crippen LogP contribution in [0.2, 0.25) is 5.02 Å². The van der Waals surface area contributed by atoms with Crippen molar-refractivity contribution >= 4 is 23.5 Å². The summed E-state index contributed by atoms with van der Waals surface area (Å²) in [6, 6.07) is 5.13. The zero-order valence-corrected chi connectivity index (χ0v) is 14.8. The van der Waals surface area contributed by atoms with Crippen molar-refractivity contribution in [1.29, 1.82) is 0 Å². The zero-order chi connectivity index (χ0) is 18.8. The number of halogens is 3. The van der Waals surface area contributed by atoms with Gasteiger partial charge in [0.2, 0.25) is 0 Å². The summed E-state index contributed by atoms with van der Waals surface area (Å²) in [4.78, 5) is 25.9. The van der Waals surface area contributed by atoms with Crippen LogP contribution >= 0.6 is 11.6 Å². The Morgan fingerprint density at radius 3 is 2.50 bits per heavy atom. The van der Waals surface area contributed by atoms with Crippen molar-refractivity contribution in [2.75, 3.05) is 20.2 Å². The fourth-order valence-electron chi connectivity index (χ4n) is 3.19. The molecule has 1 aliphatic heterocycles. The summed E-state index contributed by atoms with van der Waals surface area (Å²) in [6.07, 6.45) is 3.04. The molecular weight excluding hydrogens is 366 g/mol. The lowest BCUT2D eigenvalue weighted by molar-refractivity contribution is 0.0573. The molecule has 1 aromatic carbocycles. The number of hydrogen-bond acceptors (Lipinski definition) is 3. The molecule has 0 N–H and O–H groups in total. The Labute approximate surface area is 154 Å². The number of aromatic nitrogens is 1. The van der Waals surface area contributed by atoms with Gasteiger partial charge in [0.05, 0.1) is 17.7 Å². The maximum Gasteiger partial charge on any atom is 0.354 e. The molecule has 0 unspecified atom stereocenters. The Kier molecular flexibility index (Phi) is 5.27. The highest BCUT2D eigenvalue weighted by molar-refractivity contribution is 6.33. The summed E-state index contributed by atoms with van der Waals surface area (Å²) < 4.78 is 33.2. The van der Waals surface area contributed by atoms with Crippen LogP contribution in [0.5, 0.6) is 0 Å². The molecular formula is C18H17ClF2N2O3. The molecule has 0 aliphatic carbocycles. The molecule has 2 heterocycles. The van der Waals surface area contributed by atoms with Crippen LogP contribution in [0.15, 0.2) is 30.5 Å². The number of esters is 1. The third-order valence-electron chi connectivity index (χ3n) is 4.56. The first-order chi connectivity index (χ1) is 12.4. The van der Waals surface area contributed by atoms with Gasteiger partial charge in [-0.1, -0.05) is 11.6 Å². The van der Waals surface area contributed by atoms with Gasteiger partial charge in [0.1, 0.15) is 5.69 Å². The standard InChI is InChI=1S/C18H17ClF2N2O3/c1-26-18(25)16-3-2-6-23(16)11-4-7-22(8-5-11)17(24)12-9-14(20)15(21)10-13(12)19/h2-3,6,9-11H,4-5,7-8H2,1H3. The maximum absolute atomic E-state index is 13.4. The van der Waals surface area contributed by atoms with Crippen LogP contribution in [0, 0.1) is 11.6 Å². The number of carbonyl (C=O) groups is 2. The Morgan fingerprint density at radius 1 is 1.19 bits per heavy atom. The lowest BCUT2D eigenvalue weighted by Crippen LogP contribution is -2.39. The number of hydrogen-bond donors (Lipinski definition) is 0. The predicted octanol–water partition coefficient (Wildman–Crippen LogP) is 3.68. The van der Waals surface area contributed by atoms with E-state index in [0.717, 1.165) is 12.1 Å². The second-order valence-corrected chi connectivity index (χ2v) is 6.47. The summed E-state index contributed by atoms with van der Waals surface area (Å²) in [7, 11) is 1.33. The van der Waals surface area contributed by atoms with E-state index < -0.39 is 23.5 Å². The minimum absolute atomic E-state index is 0.0450. The molecule has 1 saturated heterocycles. The van der Waals surface area contributed by atoms with Gasteiger partial charge >= 0.3 is 5.97 Å². The van der Waals surface area contributed by atoms with Crippen LogP contribution in [0.25, 0.3) is 0 Å². The molecule has 0 radical (unpaired) electrons. The van der Waals surface area contributed by atoms with E-state index in [1.807, 2.05) is 4.57 Å². The lowest BCUT2D eigenvalue weighted by atomic mass is 10.0. The summed E-state index contributed by atoms with van der Waals surface area (Å²) >= 11 is 5.89. The van der Waals surface area contributed by atoms with Crippen molar-refractivity contribution in [3.63, 3.8) is 0 Å². The molecule has 0 bridgehead atoms. The van der Waals surface area contributed by atoms with E-state index in [4.69, 9.17) is 16.3 Å². The smallest absolute Gasteiger partial charge is 0.354 e. The number of carbonyl (C=O) groups excluding carboxylic acids is 2. The quantitative estimate of drug-likeness (QED) is 0.601. The second-order valence-electron chi connectivity index (χ2n) is 6.06. The van der Waals surface area contributed by atoms with Gasteiger partial charge in [-0.25, -0.2) is 13.6 Å². The fraction of sp³-hybridized carbons (Fsp3) is 0.333. The SMILES string of the molecule is COC(=O)c1cccn1C1CCN(C(=O)c2cc(F)c(F)cc2Cl)CC1. The molecule has 3 rings (SSSR count). The lowest BCUT2D eigenvalue weighted by Gasteiger charge is -2.33. The van der Waals surface area contributed by atoms with Gasteiger partial charge in [-0.05, 0) is 37.1 Å². The Morgan fingerprint density at radius 2 is 1.85 bits per heavy atom. The van der Waals surface area contributed by atoms with Crippen LogP contribution in [0.1, 0.15) is 39.7 Å². The van der Waals surface area contributed by atoms with Crippen molar-refractivity contribution in [3.05, 3.63) is 58.4 Å². The van der Waals surface area contributed by atoms with Crippen molar-refractivity contribution in [1.82, 2.24) is 9.47 Å². The zero-order valence-electron chi connectivity index (χ0n) is 14.0. The first kappa shape index (κ1) is 18.4. The molecule has 26 heavy (non-hydrogen) atoms. The number of piperidine rings is 1. The Hall–Kier alpha value is -2.41. The first-order valence-corrected chi connectivity index (χ1v) is 8.49. The van der Waals surface area contributed by atoms with Crippen molar-refractivity contribution in [2.45, 2.75) is 18.9 Å². The summed E-state index contributed by atoms with van der Waals surface area (Å²) in [5.74, 6) is -3.05. The third kappa shape index (κ3) is 3.44. The van der Waals surface area contributed by atoms with E-state index >= 15 is 0 Å². The average molecular weight is 383 g/mol. The molecule has 5 nitrogen and oxygen atoms in total. The molecule has 1 aliphatic rings. The third-order valence-corrected chi connectivity index (χ3v) is 4.87. The van der Waals surface area contributed by atoms with E-state index in [2.05, 4.69) is 0 Å². The van der Waals surface area contributed by atoms with E-state index in [1.165, 1.54) is 7.11 Å². The van der Waals surface area contributed by atoms with Crippen LogP contribution in [0.3, 0.4) is 0 Å². The van der Waals surface area contributed by atoms with Crippen LogP contribution < -0.4 is 0 Å². The highest BCUT2D eigenvalue weighted by atomic mass is 35.5. The van der Waals surface area contributed by atoms with Gasteiger partial charge in [-0.15, -0.1) is 0 Å². The molecule has 0 saturated carbocycles. The van der Waals surface area contributed by atoms with Crippen LogP contribution in [-0.4, -0.2) is 41.5 Å². The molecule has 0 atom stereocenters. The van der Waals surface area contributed by atoms with Crippen molar-refractivity contribution in [2.24, 2.45) is 0 Å². The molecule has 1 fully saturated rings. The molecule has 8 heteroatoms. The summed E-state index contributed by atoms with van der Waals surface area (Å²) in [5, 5.41) is -0.116. The number of amides is 1. The number of likely N-dealkylation sites (tertiary alicyclic amines) is 1. The largest absolute Gasteiger partial charge is 0.464 e. The van der Waals surface area contributed by atoms with E-state index in [0.29, 0.717) is 31.6 Å². The van der Waals surface area contributed by atoms with Gasteiger partial charge in [0.15, 0.2) is 11.6 Å². The van der Waals surface area contributed by atoms with Crippen molar-refractivity contribution in [3.8, 4) is 0 Å². The minimum atomic E-state index is -1.11. The fourth-order valence-corrected chi connectivity index (χ4v) is 3.42. The van der Waals surface area contributed by atoms with E-state index in [9.17, 15) is 18.4 Å². The van der Waals surface area contributed by atoms with Gasteiger partial charge in [0, 0.05) is 25.3 Å². The number of benzene rings is 1. The van der Waals surface area contributed by atoms with Crippen LogP contribution in [-0.2, 0) is 4.74 Å². The van der Waals surface area contributed by atoms with E-state index in [1.54, 1.807) is 23.2 Å². The highest BCUT2D eigenvalue weighted by Gasteiger charge is 2.28. The second kappa shape index (κ2) is 7.45. The molecule has 1 aromatic heterocycles. The Balaban J connectivity index is 1.71. The van der Waals surface area contributed by atoms with Gasteiger partial charge in [-0.3, -0.25) is 4.79 Å². The number of ether oxygens (including phenoxy) is 1. The summed E-state index contributed by atoms with van der Waals surface area (Å²) in [5.41, 5.74) is 0.404. The number of methoxy groups -OCH3 is 1. The predicted molar refractivity (Wildman–Crippen MR) is 91.3 cm³/mol.